The van der Waals surface area contributed by atoms with E-state index in [-0.39, 0.29) is 11.4 Å². The van der Waals surface area contributed by atoms with E-state index >= 15 is 0 Å². The van der Waals surface area contributed by atoms with Gasteiger partial charge in [0.1, 0.15) is 4.88 Å². The van der Waals surface area contributed by atoms with Gasteiger partial charge in [-0.25, -0.2) is 4.79 Å². The van der Waals surface area contributed by atoms with Crippen molar-refractivity contribution in [3.8, 4) is 11.6 Å². The van der Waals surface area contributed by atoms with Crippen LogP contribution in [0.25, 0.3) is 5.69 Å². The topological polar surface area (TPSA) is 74.8 Å². The van der Waals surface area contributed by atoms with Gasteiger partial charge in [-0.1, -0.05) is 35.6 Å². The molecule has 0 atom stereocenters. The Hall–Kier alpha value is -2.77. The lowest BCUT2D eigenvalue weighted by atomic mass is 10.2. The molecule has 0 saturated heterocycles. The summed E-state index contributed by atoms with van der Waals surface area (Å²) in [6.45, 7) is 0. The van der Waals surface area contributed by atoms with Crippen LogP contribution in [-0.2, 0) is 0 Å². The normalized spacial score (nSPS) is 11.0. The maximum atomic E-state index is 11.0. The minimum absolute atomic E-state index is 0.00865. The maximum Gasteiger partial charge on any atom is 0.335 e. The number of rotatable bonds is 4. The molecule has 0 saturated carbocycles. The zero-order valence-electron chi connectivity index (χ0n) is 12.3. The zero-order valence-corrected chi connectivity index (χ0v) is 13.9. The summed E-state index contributed by atoms with van der Waals surface area (Å²) in [6.07, 6.45) is 1.48. The van der Waals surface area contributed by atoms with Crippen LogP contribution in [0.5, 0.6) is 5.88 Å². The van der Waals surface area contributed by atoms with Crippen molar-refractivity contribution in [2.75, 3.05) is 0 Å². The number of nitrogens with zero attached hydrogens (tertiary/aromatic N) is 2. The second kappa shape index (κ2) is 6.77. The molecule has 5 nitrogen and oxygen atoms in total. The molecule has 0 aliphatic carbocycles. The van der Waals surface area contributed by atoms with E-state index in [4.69, 9.17) is 17.3 Å². The summed E-state index contributed by atoms with van der Waals surface area (Å²) in [7, 11) is 0. The molecule has 2 N–H and O–H groups in total. The highest BCUT2D eigenvalue weighted by molar-refractivity contribution is 7.73. The number of aliphatic imine (C=N–C) groups is 1. The summed E-state index contributed by atoms with van der Waals surface area (Å²) in [5, 5.41) is 19.4. The Balaban J connectivity index is 1.96. The lowest BCUT2D eigenvalue weighted by molar-refractivity contribution is 0.0697. The number of hydrogen-bond acceptors (Lipinski definition) is 5. The number of aromatic nitrogens is 1. The number of carboxylic acid groups (broad SMARTS) is 1. The number of para-hydroxylation sites is 1. The van der Waals surface area contributed by atoms with Crippen LogP contribution >= 0.6 is 23.6 Å². The minimum Gasteiger partial charge on any atom is -0.493 e. The van der Waals surface area contributed by atoms with Gasteiger partial charge in [0.2, 0.25) is 5.88 Å². The number of hydrogen-bond donors (Lipinski definition) is 2. The van der Waals surface area contributed by atoms with E-state index in [0.717, 1.165) is 5.69 Å². The average molecular weight is 356 g/mol. The number of aromatic carboxylic acids is 1. The molecule has 0 amide bonds. The second-order valence-electron chi connectivity index (χ2n) is 4.84. The maximum absolute atomic E-state index is 11.0. The first kappa shape index (κ1) is 16.1. The molecular formula is C17H12N2O3S2. The molecule has 0 aliphatic heterocycles. The van der Waals surface area contributed by atoms with Gasteiger partial charge >= 0.3 is 5.97 Å². The van der Waals surface area contributed by atoms with E-state index in [2.05, 4.69) is 4.99 Å². The number of carboxylic acids is 1. The van der Waals surface area contributed by atoms with Gasteiger partial charge in [0.25, 0.3) is 0 Å². The van der Waals surface area contributed by atoms with Gasteiger partial charge < -0.3 is 10.2 Å². The molecule has 3 aromatic rings. The summed E-state index contributed by atoms with van der Waals surface area (Å²) < 4.78 is 2.06. The molecule has 0 fully saturated rings. The van der Waals surface area contributed by atoms with Crippen molar-refractivity contribution in [3.63, 3.8) is 0 Å². The van der Waals surface area contributed by atoms with Crippen LogP contribution in [0.15, 0.2) is 59.6 Å². The molecule has 0 radical (unpaired) electrons. The molecule has 0 aliphatic rings. The van der Waals surface area contributed by atoms with Crippen molar-refractivity contribution in [1.82, 2.24) is 4.57 Å². The largest absolute Gasteiger partial charge is 0.493 e. The Morgan fingerprint density at radius 2 is 1.92 bits per heavy atom. The summed E-state index contributed by atoms with van der Waals surface area (Å²) in [5.74, 6) is -1.00. The van der Waals surface area contributed by atoms with Crippen LogP contribution < -0.4 is 0 Å². The van der Waals surface area contributed by atoms with Crippen molar-refractivity contribution < 1.29 is 15.0 Å². The molecule has 0 unspecified atom stereocenters. The Morgan fingerprint density at radius 1 is 1.17 bits per heavy atom. The van der Waals surface area contributed by atoms with Crippen molar-refractivity contribution in [2.24, 2.45) is 4.99 Å². The van der Waals surface area contributed by atoms with Gasteiger partial charge in [0, 0.05) is 0 Å². The molecule has 1 aromatic heterocycles. The molecule has 7 heteroatoms. The van der Waals surface area contributed by atoms with Crippen LogP contribution in [0.1, 0.15) is 15.2 Å². The monoisotopic (exact) mass is 356 g/mol. The number of benzene rings is 2. The van der Waals surface area contributed by atoms with Crippen LogP contribution in [0.2, 0.25) is 0 Å². The highest BCUT2D eigenvalue weighted by Crippen LogP contribution is 2.28. The Labute approximate surface area is 146 Å². The lowest BCUT2D eigenvalue weighted by Gasteiger charge is -2.03. The van der Waals surface area contributed by atoms with Gasteiger partial charge in [-0.05, 0) is 42.5 Å². The van der Waals surface area contributed by atoms with Gasteiger partial charge in [0.05, 0.1) is 23.2 Å². The number of thiazole rings is 1. The van der Waals surface area contributed by atoms with Crippen molar-refractivity contribution in [3.05, 3.63) is 69.0 Å². The van der Waals surface area contributed by atoms with E-state index in [1.807, 2.05) is 30.3 Å². The first-order chi connectivity index (χ1) is 11.6. The highest BCUT2D eigenvalue weighted by Gasteiger charge is 2.11. The van der Waals surface area contributed by atoms with E-state index in [1.165, 1.54) is 29.7 Å². The summed E-state index contributed by atoms with van der Waals surface area (Å²) in [5.41, 5.74) is 1.41. The van der Waals surface area contributed by atoms with Crippen LogP contribution in [0.4, 0.5) is 5.69 Å². The summed E-state index contributed by atoms with van der Waals surface area (Å²) >= 11 is 6.54. The smallest absolute Gasteiger partial charge is 0.335 e. The average Bonchev–Trinajstić information content (AvgIpc) is 2.88. The number of aromatic hydroxyl groups is 1. The van der Waals surface area contributed by atoms with E-state index in [9.17, 15) is 9.90 Å². The lowest BCUT2D eigenvalue weighted by Crippen LogP contribution is -1.94. The predicted molar refractivity (Wildman–Crippen MR) is 96.8 cm³/mol. The Morgan fingerprint density at radius 3 is 2.62 bits per heavy atom. The molecule has 120 valence electrons. The van der Waals surface area contributed by atoms with Crippen LogP contribution in [0, 0.1) is 3.95 Å². The molecule has 1 heterocycles. The van der Waals surface area contributed by atoms with E-state index in [0.29, 0.717) is 14.5 Å². The van der Waals surface area contributed by atoms with Gasteiger partial charge in [-0.2, -0.15) is 0 Å². The minimum atomic E-state index is -1.01. The molecular weight excluding hydrogens is 344 g/mol. The number of carbonyl (C=O) groups is 1. The van der Waals surface area contributed by atoms with Crippen molar-refractivity contribution >= 4 is 41.4 Å². The van der Waals surface area contributed by atoms with Crippen molar-refractivity contribution in [1.29, 1.82) is 0 Å². The molecule has 3 rings (SSSR count). The van der Waals surface area contributed by atoms with Crippen molar-refractivity contribution in [2.45, 2.75) is 0 Å². The fourth-order valence-corrected chi connectivity index (χ4v) is 3.34. The Kier molecular flexibility index (Phi) is 4.54. The van der Waals surface area contributed by atoms with Crippen LogP contribution in [-0.4, -0.2) is 27.0 Å². The van der Waals surface area contributed by atoms with E-state index < -0.39 is 5.97 Å². The summed E-state index contributed by atoms with van der Waals surface area (Å²) in [4.78, 5) is 15.7. The molecule has 24 heavy (non-hydrogen) atoms. The fourth-order valence-electron chi connectivity index (χ4n) is 2.12. The summed E-state index contributed by atoms with van der Waals surface area (Å²) in [6, 6.07) is 15.6. The van der Waals surface area contributed by atoms with Gasteiger partial charge in [-0.3, -0.25) is 9.56 Å². The molecule has 2 aromatic carbocycles. The van der Waals surface area contributed by atoms with Gasteiger partial charge in [-0.15, -0.1) is 0 Å². The third-order valence-corrected chi connectivity index (χ3v) is 4.55. The SMILES string of the molecule is O=C(O)c1cccc(N=Cc2sc(=S)n(-c3ccccc3)c2O)c1. The van der Waals surface area contributed by atoms with Crippen LogP contribution in [0.3, 0.4) is 0 Å². The predicted octanol–water partition coefficient (Wildman–Crippen LogP) is 4.42. The van der Waals surface area contributed by atoms with Gasteiger partial charge in [0.15, 0.2) is 3.95 Å². The first-order valence-corrected chi connectivity index (χ1v) is 8.16. The molecule has 0 spiro atoms. The van der Waals surface area contributed by atoms with E-state index in [1.54, 1.807) is 16.7 Å². The highest BCUT2D eigenvalue weighted by atomic mass is 32.1. The third-order valence-electron chi connectivity index (χ3n) is 3.25. The zero-order chi connectivity index (χ0) is 17.1. The quantitative estimate of drug-likeness (QED) is 0.536. The third kappa shape index (κ3) is 3.27. The standard InChI is InChI=1S/C17H12N2O3S2/c20-15-14(10-18-12-6-4-5-11(9-12)16(21)22)24-17(23)19(15)13-7-2-1-3-8-13/h1-10,20H,(H,21,22). The first-order valence-electron chi connectivity index (χ1n) is 6.94. The fraction of sp³-hybridized carbons (Fsp3) is 0. The molecule has 0 bridgehead atoms. The second-order valence-corrected chi connectivity index (χ2v) is 6.52. The Bertz CT molecular complexity index is 975.